The van der Waals surface area contributed by atoms with Crippen molar-refractivity contribution in [3.05, 3.63) is 18.7 Å². The van der Waals surface area contributed by atoms with Gasteiger partial charge in [0.2, 0.25) is 0 Å². The third-order valence-electron chi connectivity index (χ3n) is 2.20. The van der Waals surface area contributed by atoms with Crippen LogP contribution >= 0.6 is 0 Å². The summed E-state index contributed by atoms with van der Waals surface area (Å²) in [6, 6.07) is 0. The summed E-state index contributed by atoms with van der Waals surface area (Å²) in [7, 11) is 0. The first-order chi connectivity index (χ1) is 4.95. The quantitative estimate of drug-likeness (QED) is 0.600. The van der Waals surface area contributed by atoms with Gasteiger partial charge in [-0.05, 0) is 18.8 Å². The Hall–Kier alpha value is -0.790. The second-order valence-electron chi connectivity index (χ2n) is 3.00. The van der Waals surface area contributed by atoms with Crippen molar-refractivity contribution in [3.63, 3.8) is 0 Å². The molecule has 1 radical (unpaired) electrons. The van der Waals surface area contributed by atoms with Gasteiger partial charge >= 0.3 is 0 Å². The standard InChI is InChI=1S/C8H11N2/c1-2-8(3-1)6-10-5-4-9-7-10/h5,7-8H,1-3,6H2. The van der Waals surface area contributed by atoms with Crippen LogP contribution in [-0.4, -0.2) is 9.55 Å². The SMILES string of the molecule is [c]1cn(CC2CCC2)cn1. The predicted octanol–water partition coefficient (Wildman–Crippen LogP) is 1.48. The zero-order chi connectivity index (χ0) is 6.81. The molecule has 53 valence electrons. The van der Waals surface area contributed by atoms with Crippen molar-refractivity contribution in [2.45, 2.75) is 25.8 Å². The van der Waals surface area contributed by atoms with Crippen molar-refractivity contribution in [1.29, 1.82) is 0 Å². The molecule has 2 nitrogen and oxygen atoms in total. The number of hydrogen-bond acceptors (Lipinski definition) is 1. The van der Waals surface area contributed by atoms with Crippen LogP contribution in [0.4, 0.5) is 0 Å². The fourth-order valence-electron chi connectivity index (χ4n) is 1.32. The molecular formula is C8H11N2. The number of aromatic nitrogens is 2. The molecule has 1 aliphatic carbocycles. The normalized spacial score (nSPS) is 18.8. The summed E-state index contributed by atoms with van der Waals surface area (Å²) in [4.78, 5) is 3.87. The average molecular weight is 135 g/mol. The Morgan fingerprint density at radius 1 is 1.60 bits per heavy atom. The van der Waals surface area contributed by atoms with Gasteiger partial charge in [-0.1, -0.05) is 6.42 Å². The van der Waals surface area contributed by atoms with E-state index in [4.69, 9.17) is 0 Å². The lowest BCUT2D eigenvalue weighted by atomic mass is 9.85. The minimum Gasteiger partial charge on any atom is -0.336 e. The smallest absolute Gasteiger partial charge is 0.108 e. The van der Waals surface area contributed by atoms with E-state index in [2.05, 4.69) is 15.7 Å². The van der Waals surface area contributed by atoms with E-state index in [-0.39, 0.29) is 0 Å². The van der Waals surface area contributed by atoms with Crippen molar-refractivity contribution in [2.24, 2.45) is 5.92 Å². The highest BCUT2D eigenvalue weighted by atomic mass is 15.0. The molecule has 0 atom stereocenters. The molecule has 1 fully saturated rings. The monoisotopic (exact) mass is 135 g/mol. The molecule has 0 N–H and O–H groups in total. The molecule has 0 spiro atoms. The first-order valence-corrected chi connectivity index (χ1v) is 3.83. The van der Waals surface area contributed by atoms with E-state index in [9.17, 15) is 0 Å². The minimum absolute atomic E-state index is 0.919. The Bertz CT molecular complexity index is 187. The van der Waals surface area contributed by atoms with E-state index < -0.39 is 0 Å². The van der Waals surface area contributed by atoms with Gasteiger partial charge in [-0.2, -0.15) is 0 Å². The van der Waals surface area contributed by atoms with Crippen LogP contribution in [0.1, 0.15) is 19.3 Å². The van der Waals surface area contributed by atoms with Crippen molar-refractivity contribution in [3.8, 4) is 0 Å². The van der Waals surface area contributed by atoms with Gasteiger partial charge in [-0.15, -0.1) is 0 Å². The van der Waals surface area contributed by atoms with Crippen LogP contribution in [0.15, 0.2) is 12.5 Å². The molecule has 0 bridgehead atoms. The molecule has 0 aromatic carbocycles. The Morgan fingerprint density at radius 3 is 3.00 bits per heavy atom. The maximum atomic E-state index is 3.87. The number of imidazole rings is 1. The lowest BCUT2D eigenvalue weighted by Gasteiger charge is -2.25. The first kappa shape index (κ1) is 5.96. The van der Waals surface area contributed by atoms with Crippen LogP contribution in [0.25, 0.3) is 0 Å². The van der Waals surface area contributed by atoms with Gasteiger partial charge in [0.25, 0.3) is 0 Å². The molecule has 1 aromatic heterocycles. The highest BCUT2D eigenvalue weighted by molar-refractivity contribution is 4.76. The Morgan fingerprint density at radius 2 is 2.50 bits per heavy atom. The van der Waals surface area contributed by atoms with Crippen molar-refractivity contribution in [1.82, 2.24) is 9.55 Å². The van der Waals surface area contributed by atoms with E-state index in [1.807, 2.05) is 12.5 Å². The van der Waals surface area contributed by atoms with Crippen molar-refractivity contribution >= 4 is 0 Å². The second-order valence-corrected chi connectivity index (χ2v) is 3.00. The summed E-state index contributed by atoms with van der Waals surface area (Å²) < 4.78 is 2.11. The summed E-state index contributed by atoms with van der Waals surface area (Å²) in [5.74, 6) is 0.919. The van der Waals surface area contributed by atoms with Crippen LogP contribution in [-0.2, 0) is 6.54 Å². The first-order valence-electron chi connectivity index (χ1n) is 3.83. The maximum Gasteiger partial charge on any atom is 0.108 e. The van der Waals surface area contributed by atoms with Crippen LogP contribution in [0.5, 0.6) is 0 Å². The van der Waals surface area contributed by atoms with Crippen LogP contribution in [0.2, 0.25) is 0 Å². The van der Waals surface area contributed by atoms with E-state index in [0.29, 0.717) is 0 Å². The molecule has 0 aliphatic heterocycles. The Labute approximate surface area is 60.9 Å². The molecule has 1 saturated carbocycles. The fraction of sp³-hybridized carbons (Fsp3) is 0.625. The highest BCUT2D eigenvalue weighted by Gasteiger charge is 2.16. The fourth-order valence-corrected chi connectivity index (χ4v) is 1.32. The molecule has 10 heavy (non-hydrogen) atoms. The number of rotatable bonds is 2. The Balaban J connectivity index is 1.90. The average Bonchev–Trinajstić information content (AvgIpc) is 2.29. The summed E-state index contributed by atoms with van der Waals surface area (Å²) >= 11 is 0. The van der Waals surface area contributed by atoms with Crippen LogP contribution < -0.4 is 0 Å². The zero-order valence-electron chi connectivity index (χ0n) is 5.95. The molecule has 0 unspecified atom stereocenters. The molecule has 2 heteroatoms. The third-order valence-corrected chi connectivity index (χ3v) is 2.20. The van der Waals surface area contributed by atoms with Gasteiger partial charge in [-0.3, -0.25) is 0 Å². The lowest BCUT2D eigenvalue weighted by molar-refractivity contribution is 0.276. The third kappa shape index (κ3) is 1.06. The van der Waals surface area contributed by atoms with E-state index in [1.54, 1.807) is 0 Å². The number of nitrogens with zero attached hydrogens (tertiary/aromatic N) is 2. The van der Waals surface area contributed by atoms with E-state index >= 15 is 0 Å². The summed E-state index contributed by atoms with van der Waals surface area (Å²) in [5, 5.41) is 0. The van der Waals surface area contributed by atoms with Gasteiger partial charge < -0.3 is 4.57 Å². The largest absolute Gasteiger partial charge is 0.336 e. The molecule has 0 saturated heterocycles. The van der Waals surface area contributed by atoms with Gasteiger partial charge in [0, 0.05) is 12.7 Å². The predicted molar refractivity (Wildman–Crippen MR) is 38.4 cm³/mol. The molecular weight excluding hydrogens is 124 g/mol. The Kier molecular flexibility index (Phi) is 1.46. The van der Waals surface area contributed by atoms with Gasteiger partial charge in [0.15, 0.2) is 0 Å². The summed E-state index contributed by atoms with van der Waals surface area (Å²) in [6.07, 6.45) is 10.8. The molecule has 1 heterocycles. The topological polar surface area (TPSA) is 17.8 Å². The van der Waals surface area contributed by atoms with Gasteiger partial charge in [0.05, 0.1) is 6.33 Å². The second kappa shape index (κ2) is 2.45. The summed E-state index contributed by atoms with van der Waals surface area (Å²) in [5.41, 5.74) is 0. The van der Waals surface area contributed by atoms with Crippen LogP contribution in [0.3, 0.4) is 0 Å². The number of hydrogen-bond donors (Lipinski definition) is 0. The molecule has 1 aromatic rings. The minimum atomic E-state index is 0.919. The summed E-state index contributed by atoms with van der Waals surface area (Å²) in [6.45, 7) is 1.15. The molecule has 0 amide bonds. The van der Waals surface area contributed by atoms with Crippen molar-refractivity contribution in [2.75, 3.05) is 0 Å². The van der Waals surface area contributed by atoms with Gasteiger partial charge in [0.1, 0.15) is 6.20 Å². The van der Waals surface area contributed by atoms with E-state index in [1.165, 1.54) is 19.3 Å². The zero-order valence-corrected chi connectivity index (χ0v) is 5.95. The highest BCUT2D eigenvalue weighted by Crippen LogP contribution is 2.27. The maximum absolute atomic E-state index is 3.87. The van der Waals surface area contributed by atoms with Gasteiger partial charge in [-0.25, -0.2) is 4.98 Å². The van der Waals surface area contributed by atoms with Crippen LogP contribution in [0, 0.1) is 12.1 Å². The lowest BCUT2D eigenvalue weighted by Crippen LogP contribution is -2.16. The molecule has 1 aliphatic rings. The molecule has 2 rings (SSSR count). The van der Waals surface area contributed by atoms with E-state index in [0.717, 1.165) is 12.5 Å². The van der Waals surface area contributed by atoms with Crippen molar-refractivity contribution < 1.29 is 0 Å².